The molecule has 0 bridgehead atoms. The molecule has 1 amide bonds. The van der Waals surface area contributed by atoms with Crippen LogP contribution in [0.1, 0.15) is 27.5 Å². The van der Waals surface area contributed by atoms with Crippen molar-refractivity contribution in [3.63, 3.8) is 0 Å². The summed E-state index contributed by atoms with van der Waals surface area (Å²) in [5.41, 5.74) is 4.40. The van der Waals surface area contributed by atoms with Gasteiger partial charge in [0.25, 0.3) is 5.91 Å². The summed E-state index contributed by atoms with van der Waals surface area (Å²) >= 11 is 0. The Kier molecular flexibility index (Phi) is 5.45. The molecule has 2 heterocycles. The van der Waals surface area contributed by atoms with E-state index in [1.54, 1.807) is 12.1 Å². The van der Waals surface area contributed by atoms with Crippen LogP contribution in [0.3, 0.4) is 0 Å². The molecule has 0 unspecified atom stereocenters. The lowest BCUT2D eigenvalue weighted by molar-refractivity contribution is 0.0944. The molecule has 162 valence electrons. The van der Waals surface area contributed by atoms with Gasteiger partial charge in [-0.1, -0.05) is 60.7 Å². The van der Waals surface area contributed by atoms with E-state index in [0.717, 1.165) is 16.8 Å². The molecule has 5 heteroatoms. The van der Waals surface area contributed by atoms with E-state index in [4.69, 9.17) is 4.98 Å². The molecule has 1 N–H and O–H groups in total. The third kappa shape index (κ3) is 4.13. The maximum absolute atomic E-state index is 14.1. The largest absolute Gasteiger partial charge is 0.349 e. The number of carbonyl (C=O) groups excluding carboxylic acids is 1. The molecule has 3 aromatic carbocycles. The third-order valence-electron chi connectivity index (χ3n) is 5.76. The lowest BCUT2D eigenvalue weighted by Crippen LogP contribution is -2.29. The number of nitrogens with one attached hydrogen (secondary N) is 1. The van der Waals surface area contributed by atoms with E-state index in [2.05, 4.69) is 5.32 Å². The average molecular weight is 436 g/mol. The summed E-state index contributed by atoms with van der Waals surface area (Å²) in [6.45, 7) is 0. The number of benzene rings is 3. The van der Waals surface area contributed by atoms with E-state index in [0.29, 0.717) is 22.2 Å². The van der Waals surface area contributed by atoms with Crippen molar-refractivity contribution in [2.75, 3.05) is 0 Å². The highest BCUT2D eigenvalue weighted by Crippen LogP contribution is 2.28. The molecule has 4 nitrogen and oxygen atoms in total. The Morgan fingerprint density at radius 3 is 2.15 bits per heavy atom. The molecule has 0 radical (unpaired) electrons. The number of fused-ring (bicyclic) bond motifs is 1. The van der Waals surface area contributed by atoms with Crippen LogP contribution in [0.2, 0.25) is 0 Å². The standard InChI is InChI=1S/C28H22FN3O/c1-32-16-8-13-26(32)25-18-23(22-17-21(29)14-15-24(22)30-25)28(33)31-27(19-9-4-2-5-10-19)20-11-6-3-7-12-20/h2-18,27H,1H3,(H,31,33). The van der Waals surface area contributed by atoms with E-state index in [1.807, 2.05) is 90.6 Å². The van der Waals surface area contributed by atoms with Gasteiger partial charge in [0.1, 0.15) is 5.82 Å². The molecule has 0 saturated carbocycles. The second-order valence-electron chi connectivity index (χ2n) is 7.95. The lowest BCUT2D eigenvalue weighted by Gasteiger charge is -2.21. The molecule has 0 fully saturated rings. The molecule has 33 heavy (non-hydrogen) atoms. The van der Waals surface area contributed by atoms with Gasteiger partial charge < -0.3 is 9.88 Å². The van der Waals surface area contributed by atoms with Gasteiger partial charge in [0.05, 0.1) is 28.5 Å². The summed E-state index contributed by atoms with van der Waals surface area (Å²) in [6.07, 6.45) is 1.92. The Morgan fingerprint density at radius 2 is 1.55 bits per heavy atom. The summed E-state index contributed by atoms with van der Waals surface area (Å²) in [4.78, 5) is 18.4. The monoisotopic (exact) mass is 435 g/mol. The Hall–Kier alpha value is -4.25. The third-order valence-corrected chi connectivity index (χ3v) is 5.76. The Balaban J connectivity index is 1.62. The van der Waals surface area contributed by atoms with Crippen LogP contribution in [0.4, 0.5) is 4.39 Å². The summed E-state index contributed by atoms with van der Waals surface area (Å²) in [6, 6.07) is 29.2. The van der Waals surface area contributed by atoms with E-state index >= 15 is 0 Å². The number of nitrogens with zero attached hydrogens (tertiary/aromatic N) is 2. The smallest absolute Gasteiger partial charge is 0.252 e. The number of pyridine rings is 1. The predicted molar refractivity (Wildman–Crippen MR) is 128 cm³/mol. The van der Waals surface area contributed by atoms with E-state index in [-0.39, 0.29) is 11.9 Å². The summed E-state index contributed by atoms with van der Waals surface area (Å²) in [5, 5.41) is 3.65. The maximum atomic E-state index is 14.1. The fraction of sp³-hybridized carbons (Fsp3) is 0.0714. The molecule has 0 saturated heterocycles. The Bertz CT molecular complexity index is 1390. The van der Waals surface area contributed by atoms with Crippen molar-refractivity contribution in [1.29, 1.82) is 0 Å². The first kappa shape index (κ1) is 20.6. The summed E-state index contributed by atoms with van der Waals surface area (Å²) in [7, 11) is 1.92. The SMILES string of the molecule is Cn1cccc1-c1cc(C(=O)NC(c2ccccc2)c2ccccc2)c2cc(F)ccc2n1. The van der Waals surface area contributed by atoms with Crippen LogP contribution in [-0.4, -0.2) is 15.5 Å². The second kappa shape index (κ2) is 8.71. The van der Waals surface area contributed by atoms with Gasteiger partial charge in [-0.2, -0.15) is 0 Å². The fourth-order valence-electron chi connectivity index (χ4n) is 4.10. The first-order valence-electron chi connectivity index (χ1n) is 10.7. The van der Waals surface area contributed by atoms with Crippen molar-refractivity contribution in [2.45, 2.75) is 6.04 Å². The van der Waals surface area contributed by atoms with Crippen LogP contribution in [0.5, 0.6) is 0 Å². The van der Waals surface area contributed by atoms with Crippen LogP contribution < -0.4 is 5.32 Å². The van der Waals surface area contributed by atoms with Gasteiger partial charge in [-0.25, -0.2) is 9.37 Å². The van der Waals surface area contributed by atoms with E-state index < -0.39 is 5.82 Å². The highest BCUT2D eigenvalue weighted by atomic mass is 19.1. The van der Waals surface area contributed by atoms with Gasteiger partial charge in [0.2, 0.25) is 0 Å². The molecular formula is C28H22FN3O. The predicted octanol–water partition coefficient (Wildman–Crippen LogP) is 5.90. The van der Waals surface area contributed by atoms with Gasteiger partial charge in [-0.15, -0.1) is 0 Å². The van der Waals surface area contributed by atoms with Crippen molar-refractivity contribution < 1.29 is 9.18 Å². The topological polar surface area (TPSA) is 46.9 Å². The Morgan fingerprint density at radius 1 is 0.879 bits per heavy atom. The molecule has 2 aromatic heterocycles. The summed E-state index contributed by atoms with van der Waals surface area (Å²) in [5.74, 6) is -0.700. The lowest BCUT2D eigenvalue weighted by atomic mass is 9.97. The van der Waals surface area contributed by atoms with Crippen LogP contribution >= 0.6 is 0 Å². The maximum Gasteiger partial charge on any atom is 0.252 e. The highest BCUT2D eigenvalue weighted by Gasteiger charge is 2.21. The zero-order valence-electron chi connectivity index (χ0n) is 18.1. The quantitative estimate of drug-likeness (QED) is 0.374. The van der Waals surface area contributed by atoms with Crippen LogP contribution in [0.25, 0.3) is 22.3 Å². The number of aromatic nitrogens is 2. The van der Waals surface area contributed by atoms with Crippen molar-refractivity contribution in [1.82, 2.24) is 14.9 Å². The van der Waals surface area contributed by atoms with Gasteiger partial charge in [-0.05, 0) is 47.5 Å². The molecular weight excluding hydrogens is 413 g/mol. The first-order chi connectivity index (χ1) is 16.1. The number of amides is 1. The van der Waals surface area contributed by atoms with Crippen LogP contribution in [0, 0.1) is 5.82 Å². The van der Waals surface area contributed by atoms with Gasteiger partial charge >= 0.3 is 0 Å². The molecule has 0 aliphatic carbocycles. The molecule has 5 rings (SSSR count). The molecule has 0 spiro atoms. The van der Waals surface area contributed by atoms with Gasteiger partial charge in [-0.3, -0.25) is 4.79 Å². The number of aryl methyl sites for hydroxylation is 1. The number of hydrogen-bond donors (Lipinski definition) is 1. The van der Waals surface area contributed by atoms with Crippen molar-refractivity contribution >= 4 is 16.8 Å². The van der Waals surface area contributed by atoms with Gasteiger partial charge in [0.15, 0.2) is 0 Å². The molecule has 0 atom stereocenters. The minimum Gasteiger partial charge on any atom is -0.349 e. The Labute approximate surface area is 191 Å². The molecule has 0 aliphatic heterocycles. The minimum absolute atomic E-state index is 0.291. The zero-order chi connectivity index (χ0) is 22.8. The average Bonchev–Trinajstić information content (AvgIpc) is 3.28. The number of halogens is 1. The number of rotatable bonds is 5. The second-order valence-corrected chi connectivity index (χ2v) is 7.95. The normalized spacial score (nSPS) is 11.1. The zero-order valence-corrected chi connectivity index (χ0v) is 18.1. The molecule has 0 aliphatic rings. The van der Waals surface area contributed by atoms with E-state index in [1.165, 1.54) is 12.1 Å². The van der Waals surface area contributed by atoms with Crippen LogP contribution in [0.15, 0.2) is 103 Å². The fourth-order valence-corrected chi connectivity index (χ4v) is 4.10. The molecule has 5 aromatic rings. The van der Waals surface area contributed by atoms with Crippen LogP contribution in [-0.2, 0) is 7.05 Å². The minimum atomic E-state index is -0.410. The van der Waals surface area contributed by atoms with Crippen molar-refractivity contribution in [3.8, 4) is 11.4 Å². The number of hydrogen-bond acceptors (Lipinski definition) is 2. The van der Waals surface area contributed by atoms with E-state index in [9.17, 15) is 9.18 Å². The van der Waals surface area contributed by atoms with Gasteiger partial charge in [0, 0.05) is 18.6 Å². The van der Waals surface area contributed by atoms with Crippen molar-refractivity contribution in [3.05, 3.63) is 126 Å². The van der Waals surface area contributed by atoms with Crippen molar-refractivity contribution in [2.24, 2.45) is 7.05 Å². The first-order valence-corrected chi connectivity index (χ1v) is 10.7. The number of carbonyl (C=O) groups is 1. The summed E-state index contributed by atoms with van der Waals surface area (Å²) < 4.78 is 16.1. The highest BCUT2D eigenvalue weighted by molar-refractivity contribution is 6.07.